The molecule has 0 aliphatic carbocycles. The highest BCUT2D eigenvalue weighted by Crippen LogP contribution is 2.21. The number of aryl methyl sites for hydroxylation is 1. The Bertz CT molecular complexity index is 427. The number of carbonyl (C=O) groups is 1. The molecule has 1 fully saturated rings. The summed E-state index contributed by atoms with van der Waals surface area (Å²) in [4.78, 5) is 13.7. The summed E-state index contributed by atoms with van der Waals surface area (Å²) in [7, 11) is 1.36. The van der Waals surface area contributed by atoms with E-state index in [1.807, 2.05) is 0 Å². The smallest absolute Gasteiger partial charge is 0.341 e. The van der Waals surface area contributed by atoms with Crippen molar-refractivity contribution in [1.82, 2.24) is 4.90 Å². The van der Waals surface area contributed by atoms with Gasteiger partial charge in [-0.2, -0.15) is 0 Å². The van der Waals surface area contributed by atoms with Gasteiger partial charge in [0.05, 0.1) is 13.7 Å². The molecule has 1 atom stereocenters. The topological polar surface area (TPSA) is 62.9 Å². The Hall–Kier alpha value is -1.33. The first-order chi connectivity index (χ1) is 8.63. The monoisotopic (exact) mass is 253 g/mol. The number of hydrogen-bond donors (Lipinski definition) is 1. The normalized spacial score (nSPS) is 20.3. The van der Waals surface area contributed by atoms with Gasteiger partial charge in [0.2, 0.25) is 0 Å². The first kappa shape index (κ1) is 13.1. The zero-order valence-electron chi connectivity index (χ0n) is 10.8. The number of aliphatic hydroxyl groups excluding tert-OH is 1. The SMILES string of the molecule is COC(=O)c1cc(CN2CCC(CO)C2)oc1C. The molecule has 0 bridgehead atoms. The number of methoxy groups -OCH3 is 1. The molecule has 18 heavy (non-hydrogen) atoms. The summed E-state index contributed by atoms with van der Waals surface area (Å²) in [6, 6.07) is 1.74. The van der Waals surface area contributed by atoms with Crippen molar-refractivity contribution in [2.75, 3.05) is 26.8 Å². The summed E-state index contributed by atoms with van der Waals surface area (Å²) in [5.74, 6) is 1.36. The molecule has 0 amide bonds. The van der Waals surface area contributed by atoms with E-state index in [-0.39, 0.29) is 12.6 Å². The summed E-state index contributed by atoms with van der Waals surface area (Å²) >= 11 is 0. The number of rotatable bonds is 4. The van der Waals surface area contributed by atoms with Crippen LogP contribution in [0.5, 0.6) is 0 Å². The van der Waals surface area contributed by atoms with Gasteiger partial charge >= 0.3 is 5.97 Å². The molecule has 0 spiro atoms. The fraction of sp³-hybridized carbons (Fsp3) is 0.615. The van der Waals surface area contributed by atoms with Crippen LogP contribution in [-0.4, -0.2) is 42.8 Å². The number of furan rings is 1. The van der Waals surface area contributed by atoms with Crippen molar-refractivity contribution in [3.63, 3.8) is 0 Å². The first-order valence-corrected chi connectivity index (χ1v) is 6.15. The Morgan fingerprint density at radius 2 is 2.44 bits per heavy atom. The number of nitrogens with zero attached hydrogens (tertiary/aromatic N) is 1. The number of aliphatic hydroxyl groups is 1. The largest absolute Gasteiger partial charge is 0.465 e. The summed E-state index contributed by atoms with van der Waals surface area (Å²) in [5.41, 5.74) is 0.491. The van der Waals surface area contributed by atoms with Gasteiger partial charge in [0.25, 0.3) is 0 Å². The van der Waals surface area contributed by atoms with Gasteiger partial charge in [-0.25, -0.2) is 4.79 Å². The fourth-order valence-corrected chi connectivity index (χ4v) is 2.36. The van der Waals surface area contributed by atoms with Crippen molar-refractivity contribution in [2.24, 2.45) is 5.92 Å². The van der Waals surface area contributed by atoms with Crippen LogP contribution in [0, 0.1) is 12.8 Å². The fourth-order valence-electron chi connectivity index (χ4n) is 2.36. The Kier molecular flexibility index (Phi) is 4.04. The average Bonchev–Trinajstić information content (AvgIpc) is 2.95. The maximum atomic E-state index is 11.5. The second-order valence-electron chi connectivity index (χ2n) is 4.75. The quantitative estimate of drug-likeness (QED) is 0.817. The van der Waals surface area contributed by atoms with E-state index in [1.165, 1.54) is 7.11 Å². The molecule has 100 valence electrons. The van der Waals surface area contributed by atoms with Crippen molar-refractivity contribution >= 4 is 5.97 Å². The van der Waals surface area contributed by atoms with E-state index < -0.39 is 0 Å². The van der Waals surface area contributed by atoms with Gasteiger partial charge in [0.1, 0.15) is 17.1 Å². The van der Waals surface area contributed by atoms with E-state index in [4.69, 9.17) is 9.52 Å². The third-order valence-corrected chi connectivity index (χ3v) is 3.38. The summed E-state index contributed by atoms with van der Waals surface area (Å²) in [5, 5.41) is 9.09. The van der Waals surface area contributed by atoms with Gasteiger partial charge < -0.3 is 14.3 Å². The van der Waals surface area contributed by atoms with Crippen LogP contribution in [0.2, 0.25) is 0 Å². The molecule has 5 nitrogen and oxygen atoms in total. The molecule has 5 heteroatoms. The van der Waals surface area contributed by atoms with Gasteiger partial charge in [-0.05, 0) is 31.9 Å². The predicted molar refractivity (Wildman–Crippen MR) is 65.3 cm³/mol. The van der Waals surface area contributed by atoms with Crippen molar-refractivity contribution in [3.8, 4) is 0 Å². The molecule has 0 aromatic carbocycles. The van der Waals surface area contributed by atoms with Crippen molar-refractivity contribution in [1.29, 1.82) is 0 Å². The molecule has 1 aromatic heterocycles. The first-order valence-electron chi connectivity index (χ1n) is 6.15. The van der Waals surface area contributed by atoms with Gasteiger partial charge in [-0.3, -0.25) is 4.90 Å². The van der Waals surface area contributed by atoms with Crippen LogP contribution in [-0.2, 0) is 11.3 Å². The lowest BCUT2D eigenvalue weighted by Crippen LogP contribution is -2.20. The summed E-state index contributed by atoms with van der Waals surface area (Å²) in [6.07, 6.45) is 1.01. The molecule has 1 saturated heterocycles. The lowest BCUT2D eigenvalue weighted by Gasteiger charge is -2.13. The standard InChI is InChI=1S/C13H19NO4/c1-9-12(13(16)17-2)5-11(18-9)7-14-4-3-10(6-14)8-15/h5,10,15H,3-4,6-8H2,1-2H3. The zero-order valence-corrected chi connectivity index (χ0v) is 10.8. The summed E-state index contributed by atoms with van der Waals surface area (Å²) < 4.78 is 10.3. The number of likely N-dealkylation sites (tertiary alicyclic amines) is 1. The Labute approximate surface area is 106 Å². The molecule has 2 rings (SSSR count). The maximum Gasteiger partial charge on any atom is 0.341 e. The Balaban J connectivity index is 2.00. The molecule has 1 aliphatic rings. The highest BCUT2D eigenvalue weighted by atomic mass is 16.5. The maximum absolute atomic E-state index is 11.5. The second kappa shape index (κ2) is 5.54. The molecule has 0 saturated carbocycles. The van der Waals surface area contributed by atoms with E-state index in [2.05, 4.69) is 9.64 Å². The third kappa shape index (κ3) is 2.73. The second-order valence-corrected chi connectivity index (χ2v) is 4.75. The molecule has 1 aromatic rings. The summed E-state index contributed by atoms with van der Waals surface area (Å²) in [6.45, 7) is 4.51. The lowest BCUT2D eigenvalue weighted by molar-refractivity contribution is 0.0599. The minimum atomic E-state index is -0.364. The van der Waals surface area contributed by atoms with Crippen molar-refractivity contribution in [3.05, 3.63) is 23.2 Å². The highest BCUT2D eigenvalue weighted by molar-refractivity contribution is 5.90. The minimum Gasteiger partial charge on any atom is -0.465 e. The number of carbonyl (C=O) groups excluding carboxylic acids is 1. The Morgan fingerprint density at radius 3 is 3.06 bits per heavy atom. The van der Waals surface area contributed by atoms with Crippen molar-refractivity contribution in [2.45, 2.75) is 19.9 Å². The van der Waals surface area contributed by atoms with Crippen LogP contribution in [0.1, 0.15) is 28.3 Å². The van der Waals surface area contributed by atoms with Crippen LogP contribution >= 0.6 is 0 Å². The highest BCUT2D eigenvalue weighted by Gasteiger charge is 2.23. The van der Waals surface area contributed by atoms with Crippen LogP contribution in [0.3, 0.4) is 0 Å². The molecular weight excluding hydrogens is 234 g/mol. The molecule has 0 radical (unpaired) electrons. The number of esters is 1. The Morgan fingerprint density at radius 1 is 1.67 bits per heavy atom. The molecule has 1 N–H and O–H groups in total. The molecular formula is C13H19NO4. The number of hydrogen-bond acceptors (Lipinski definition) is 5. The van der Waals surface area contributed by atoms with E-state index in [1.54, 1.807) is 13.0 Å². The van der Waals surface area contributed by atoms with Gasteiger partial charge in [0.15, 0.2) is 0 Å². The zero-order chi connectivity index (χ0) is 13.1. The minimum absolute atomic E-state index is 0.237. The van der Waals surface area contributed by atoms with Gasteiger partial charge in [-0.15, -0.1) is 0 Å². The van der Waals surface area contributed by atoms with Crippen LogP contribution < -0.4 is 0 Å². The third-order valence-electron chi connectivity index (χ3n) is 3.38. The van der Waals surface area contributed by atoms with E-state index in [9.17, 15) is 4.79 Å². The van der Waals surface area contributed by atoms with Crippen LogP contribution in [0.25, 0.3) is 0 Å². The predicted octanol–water partition coefficient (Wildman–Crippen LogP) is 1.19. The van der Waals surface area contributed by atoms with Crippen molar-refractivity contribution < 1.29 is 19.1 Å². The molecule has 2 heterocycles. The van der Waals surface area contributed by atoms with Gasteiger partial charge in [-0.1, -0.05) is 0 Å². The van der Waals surface area contributed by atoms with Crippen LogP contribution in [0.15, 0.2) is 10.5 Å². The number of ether oxygens (including phenoxy) is 1. The van der Waals surface area contributed by atoms with E-state index in [0.717, 1.165) is 25.3 Å². The van der Waals surface area contributed by atoms with E-state index in [0.29, 0.717) is 23.8 Å². The van der Waals surface area contributed by atoms with Gasteiger partial charge in [0, 0.05) is 13.2 Å². The molecule has 1 unspecified atom stereocenters. The van der Waals surface area contributed by atoms with Crippen LogP contribution in [0.4, 0.5) is 0 Å². The lowest BCUT2D eigenvalue weighted by atomic mass is 10.1. The molecule has 1 aliphatic heterocycles. The van der Waals surface area contributed by atoms with E-state index >= 15 is 0 Å². The average molecular weight is 253 g/mol.